The zero-order valence-electron chi connectivity index (χ0n) is 12.0. The van der Waals surface area contributed by atoms with E-state index in [4.69, 9.17) is 0 Å². The number of nitrogens with zero attached hydrogens (tertiary/aromatic N) is 3. The molecule has 110 valence electrons. The molecule has 1 atom stereocenters. The molecule has 1 N–H and O–H groups in total. The summed E-state index contributed by atoms with van der Waals surface area (Å²) in [6.45, 7) is 2.84. The maximum atomic E-state index is 12.7. The first-order valence-corrected chi connectivity index (χ1v) is 7.90. The summed E-state index contributed by atoms with van der Waals surface area (Å²) >= 11 is 1.29. The average Bonchev–Trinajstić information content (AvgIpc) is 3.13. The summed E-state index contributed by atoms with van der Waals surface area (Å²) in [5.41, 5.74) is 3.77. The Bertz CT molecular complexity index is 860. The standard InChI is InChI=1S/C16H14N4OS/c1-10-9-20(14-8-3-2-5-11(10)14)16(21)17-12-6-4-7-13-15(12)22-19-18-13/h2-8,10H,9H2,1H3,(H,17,21). The molecule has 6 heteroatoms. The van der Waals surface area contributed by atoms with Crippen LogP contribution >= 0.6 is 11.5 Å². The van der Waals surface area contributed by atoms with Crippen molar-refractivity contribution in [1.29, 1.82) is 0 Å². The van der Waals surface area contributed by atoms with E-state index in [1.54, 1.807) is 4.90 Å². The van der Waals surface area contributed by atoms with Crippen LogP contribution in [0.15, 0.2) is 42.5 Å². The largest absolute Gasteiger partial charge is 0.326 e. The fourth-order valence-electron chi connectivity index (χ4n) is 2.90. The lowest BCUT2D eigenvalue weighted by atomic mass is 10.0. The van der Waals surface area contributed by atoms with E-state index in [1.807, 2.05) is 36.4 Å². The molecule has 5 nitrogen and oxygen atoms in total. The Kier molecular flexibility index (Phi) is 3.04. The molecule has 22 heavy (non-hydrogen) atoms. The van der Waals surface area contributed by atoms with Gasteiger partial charge in [-0.2, -0.15) is 0 Å². The third-order valence-electron chi connectivity index (χ3n) is 3.98. The van der Waals surface area contributed by atoms with E-state index < -0.39 is 0 Å². The number of rotatable bonds is 1. The molecule has 0 bridgehead atoms. The van der Waals surface area contributed by atoms with Crippen LogP contribution in [0.4, 0.5) is 16.2 Å². The van der Waals surface area contributed by atoms with Gasteiger partial charge in [-0.3, -0.25) is 4.90 Å². The van der Waals surface area contributed by atoms with E-state index in [-0.39, 0.29) is 6.03 Å². The van der Waals surface area contributed by atoms with Gasteiger partial charge < -0.3 is 5.32 Å². The Morgan fingerprint density at radius 2 is 2.14 bits per heavy atom. The number of urea groups is 1. The molecule has 0 radical (unpaired) electrons. The van der Waals surface area contributed by atoms with Crippen LogP contribution in [0.1, 0.15) is 18.4 Å². The predicted molar refractivity (Wildman–Crippen MR) is 88.6 cm³/mol. The third-order valence-corrected chi connectivity index (χ3v) is 4.75. The summed E-state index contributed by atoms with van der Waals surface area (Å²) in [6, 6.07) is 13.6. The molecule has 1 aliphatic heterocycles. The molecule has 0 fully saturated rings. The predicted octanol–water partition coefficient (Wildman–Crippen LogP) is 3.85. The van der Waals surface area contributed by atoms with E-state index in [0.29, 0.717) is 12.5 Å². The van der Waals surface area contributed by atoms with Crippen molar-refractivity contribution in [2.24, 2.45) is 0 Å². The number of carbonyl (C=O) groups is 1. The van der Waals surface area contributed by atoms with Crippen molar-refractivity contribution < 1.29 is 4.79 Å². The number of carbonyl (C=O) groups excluding carboxylic acids is 1. The van der Waals surface area contributed by atoms with Crippen LogP contribution in [0, 0.1) is 0 Å². The number of para-hydroxylation sites is 1. The van der Waals surface area contributed by atoms with Crippen LogP contribution in [-0.4, -0.2) is 22.2 Å². The van der Waals surface area contributed by atoms with Gasteiger partial charge in [0.25, 0.3) is 0 Å². The molecule has 2 amide bonds. The molecule has 2 aromatic carbocycles. The number of hydrogen-bond donors (Lipinski definition) is 1. The third kappa shape index (κ3) is 2.03. The maximum absolute atomic E-state index is 12.7. The Morgan fingerprint density at radius 1 is 1.27 bits per heavy atom. The fraction of sp³-hybridized carbons (Fsp3) is 0.188. The molecule has 0 saturated carbocycles. The molecule has 4 rings (SSSR count). The SMILES string of the molecule is CC1CN(C(=O)Nc2cccc3nnsc23)c2ccccc21. The number of nitrogens with one attached hydrogen (secondary N) is 1. The average molecular weight is 310 g/mol. The lowest BCUT2D eigenvalue weighted by Crippen LogP contribution is -2.33. The van der Waals surface area contributed by atoms with Crippen molar-refractivity contribution in [1.82, 2.24) is 9.59 Å². The van der Waals surface area contributed by atoms with Crippen LogP contribution in [0.2, 0.25) is 0 Å². The molecule has 2 heterocycles. The van der Waals surface area contributed by atoms with Gasteiger partial charge in [0.1, 0.15) is 5.52 Å². The van der Waals surface area contributed by atoms with Gasteiger partial charge in [-0.1, -0.05) is 35.7 Å². The Labute approximate surface area is 131 Å². The van der Waals surface area contributed by atoms with Crippen molar-refractivity contribution in [3.8, 4) is 0 Å². The highest BCUT2D eigenvalue weighted by Crippen LogP contribution is 2.36. The zero-order chi connectivity index (χ0) is 15.1. The lowest BCUT2D eigenvalue weighted by Gasteiger charge is -2.18. The molecule has 1 aromatic heterocycles. The van der Waals surface area contributed by atoms with Gasteiger partial charge in [0.2, 0.25) is 0 Å². The van der Waals surface area contributed by atoms with Crippen molar-refractivity contribution in [2.45, 2.75) is 12.8 Å². The second-order valence-corrected chi connectivity index (χ2v) is 6.18. The van der Waals surface area contributed by atoms with Crippen LogP contribution in [0.3, 0.4) is 0 Å². The van der Waals surface area contributed by atoms with Gasteiger partial charge in [-0.25, -0.2) is 4.79 Å². The van der Waals surface area contributed by atoms with Gasteiger partial charge in [0.05, 0.1) is 10.4 Å². The molecule has 1 unspecified atom stereocenters. The number of aromatic nitrogens is 2. The minimum absolute atomic E-state index is 0.113. The van der Waals surface area contributed by atoms with Crippen molar-refractivity contribution in [3.63, 3.8) is 0 Å². The highest BCUT2D eigenvalue weighted by Gasteiger charge is 2.29. The quantitative estimate of drug-likeness (QED) is 0.743. The summed E-state index contributed by atoms with van der Waals surface area (Å²) in [5.74, 6) is 0.350. The molecule has 0 saturated heterocycles. The van der Waals surface area contributed by atoms with Crippen LogP contribution in [0.25, 0.3) is 10.2 Å². The second-order valence-electron chi connectivity index (χ2n) is 5.43. The maximum Gasteiger partial charge on any atom is 0.326 e. The number of anilines is 2. The molecular weight excluding hydrogens is 296 g/mol. The van der Waals surface area contributed by atoms with E-state index in [9.17, 15) is 4.79 Å². The van der Waals surface area contributed by atoms with Gasteiger partial charge in [-0.15, -0.1) is 5.10 Å². The van der Waals surface area contributed by atoms with E-state index in [2.05, 4.69) is 27.9 Å². The highest BCUT2D eigenvalue weighted by atomic mass is 32.1. The van der Waals surface area contributed by atoms with E-state index >= 15 is 0 Å². The first-order valence-electron chi connectivity index (χ1n) is 7.12. The number of benzene rings is 2. The normalized spacial score (nSPS) is 16.8. The molecule has 0 aliphatic carbocycles. The lowest BCUT2D eigenvalue weighted by molar-refractivity contribution is 0.257. The Balaban J connectivity index is 1.65. The highest BCUT2D eigenvalue weighted by molar-refractivity contribution is 7.13. The minimum Gasteiger partial charge on any atom is -0.306 e. The minimum atomic E-state index is -0.113. The summed E-state index contributed by atoms with van der Waals surface area (Å²) in [5, 5.41) is 7.03. The summed E-state index contributed by atoms with van der Waals surface area (Å²) in [7, 11) is 0. The van der Waals surface area contributed by atoms with E-state index in [0.717, 1.165) is 21.6 Å². The topological polar surface area (TPSA) is 58.1 Å². The number of amides is 2. The smallest absolute Gasteiger partial charge is 0.306 e. The molecular formula is C16H14N4OS. The fourth-order valence-corrected chi connectivity index (χ4v) is 3.53. The zero-order valence-corrected chi connectivity index (χ0v) is 12.8. The Morgan fingerprint density at radius 3 is 3.05 bits per heavy atom. The second kappa shape index (κ2) is 5.06. The number of hydrogen-bond acceptors (Lipinski definition) is 4. The molecule has 3 aromatic rings. The summed E-state index contributed by atoms with van der Waals surface area (Å²) in [4.78, 5) is 14.5. The summed E-state index contributed by atoms with van der Waals surface area (Å²) in [6.07, 6.45) is 0. The first kappa shape index (κ1) is 13.2. The molecule has 0 spiro atoms. The van der Waals surface area contributed by atoms with Crippen molar-refractivity contribution in [2.75, 3.05) is 16.8 Å². The van der Waals surface area contributed by atoms with Crippen molar-refractivity contribution >= 4 is 39.2 Å². The van der Waals surface area contributed by atoms with Gasteiger partial charge in [0, 0.05) is 18.2 Å². The van der Waals surface area contributed by atoms with Crippen LogP contribution in [0.5, 0.6) is 0 Å². The first-order chi connectivity index (χ1) is 10.7. The van der Waals surface area contributed by atoms with Gasteiger partial charge in [0.15, 0.2) is 0 Å². The van der Waals surface area contributed by atoms with Crippen LogP contribution in [-0.2, 0) is 0 Å². The Hall–Kier alpha value is -2.47. The van der Waals surface area contributed by atoms with Crippen LogP contribution < -0.4 is 10.2 Å². The number of fused-ring (bicyclic) bond motifs is 2. The van der Waals surface area contributed by atoms with Gasteiger partial charge >= 0.3 is 6.03 Å². The summed E-state index contributed by atoms with van der Waals surface area (Å²) < 4.78 is 4.84. The van der Waals surface area contributed by atoms with E-state index in [1.165, 1.54) is 17.1 Å². The monoisotopic (exact) mass is 310 g/mol. The van der Waals surface area contributed by atoms with Gasteiger partial charge in [-0.05, 0) is 35.3 Å². The van der Waals surface area contributed by atoms with Crippen molar-refractivity contribution in [3.05, 3.63) is 48.0 Å². The molecule has 1 aliphatic rings.